The van der Waals surface area contributed by atoms with Crippen molar-refractivity contribution in [1.82, 2.24) is 15.0 Å². The fourth-order valence-corrected chi connectivity index (χ4v) is 3.27. The number of carbonyl (C=O) groups excluding carboxylic acids is 1. The molecule has 1 N–H and O–H groups in total. The lowest BCUT2D eigenvalue weighted by Crippen LogP contribution is -2.16. The molecule has 3 aromatic rings. The monoisotopic (exact) mass is 458 g/mol. The van der Waals surface area contributed by atoms with Crippen molar-refractivity contribution in [3.8, 4) is 17.0 Å². The molecule has 0 saturated heterocycles. The van der Waals surface area contributed by atoms with Gasteiger partial charge in [-0.3, -0.25) is 4.79 Å². The number of hydrogen-bond donors (Lipinski definition) is 1. The van der Waals surface area contributed by atoms with E-state index in [0.29, 0.717) is 11.6 Å². The summed E-state index contributed by atoms with van der Waals surface area (Å²) in [5, 5.41) is 2.72. The summed E-state index contributed by atoms with van der Waals surface area (Å²) in [6.45, 7) is 6.16. The van der Waals surface area contributed by atoms with Crippen LogP contribution in [0.25, 0.3) is 11.1 Å². The Morgan fingerprint density at radius 2 is 1.97 bits per heavy atom. The fourth-order valence-electron chi connectivity index (χ4n) is 3.12. The number of carbonyl (C=O) groups is 1. The summed E-state index contributed by atoms with van der Waals surface area (Å²) >= 11 is 0. The smallest absolute Gasteiger partial charge is 0.300 e. The maximum Gasteiger partial charge on any atom is 0.300 e. The number of halogens is 2. The Balaban J connectivity index is 1.94. The van der Waals surface area contributed by atoms with Gasteiger partial charge in [-0.25, -0.2) is 15.0 Å². The molecule has 0 bridgehead atoms. The van der Waals surface area contributed by atoms with E-state index in [9.17, 15) is 13.6 Å². The molecule has 0 fully saturated rings. The Morgan fingerprint density at radius 1 is 1.22 bits per heavy atom. The van der Waals surface area contributed by atoms with E-state index >= 15 is 0 Å². The zero-order chi connectivity index (χ0) is 23.5. The van der Waals surface area contributed by atoms with E-state index in [2.05, 4.69) is 34.1 Å². The van der Waals surface area contributed by atoms with Gasteiger partial charge in [0.05, 0.1) is 7.11 Å². The molecule has 2 unspecified atom stereocenters. The second-order valence-electron chi connectivity index (χ2n) is 7.53. The molecule has 2 atom stereocenters. The van der Waals surface area contributed by atoms with Crippen LogP contribution in [0, 0.1) is 6.92 Å². The highest BCUT2D eigenvalue weighted by Gasteiger charge is 2.27. The number of hydrogen-bond acceptors (Lipinski definition) is 5. The highest BCUT2D eigenvalue weighted by atomic mass is 31.0. The van der Waals surface area contributed by atoms with Crippen LogP contribution < -0.4 is 10.1 Å². The van der Waals surface area contributed by atoms with Crippen molar-refractivity contribution >= 4 is 20.8 Å². The highest BCUT2D eigenvalue weighted by Crippen LogP contribution is 2.34. The molecular formula is C23H25F2N4O2P. The molecule has 0 aliphatic rings. The van der Waals surface area contributed by atoms with Gasteiger partial charge < -0.3 is 10.1 Å². The summed E-state index contributed by atoms with van der Waals surface area (Å²) in [4.78, 5) is 24.5. The van der Waals surface area contributed by atoms with Crippen LogP contribution in [0.5, 0.6) is 5.88 Å². The van der Waals surface area contributed by atoms with Crippen molar-refractivity contribution in [1.29, 1.82) is 0 Å². The third kappa shape index (κ3) is 5.43. The summed E-state index contributed by atoms with van der Waals surface area (Å²) in [7, 11) is 2.97. The summed E-state index contributed by atoms with van der Waals surface area (Å²) in [5.74, 6) is 0.165. The van der Waals surface area contributed by atoms with Gasteiger partial charge in [-0.1, -0.05) is 29.2 Å². The quantitative estimate of drug-likeness (QED) is 0.470. The number of benzene rings is 1. The third-order valence-electron chi connectivity index (χ3n) is 5.20. The van der Waals surface area contributed by atoms with E-state index in [0.717, 1.165) is 41.2 Å². The van der Waals surface area contributed by atoms with Gasteiger partial charge in [0.1, 0.15) is 17.7 Å². The average molecular weight is 458 g/mol. The van der Waals surface area contributed by atoms with Crippen LogP contribution in [0.4, 0.5) is 14.5 Å². The lowest BCUT2D eigenvalue weighted by molar-refractivity contribution is 0.0973. The number of rotatable bonds is 7. The zero-order valence-corrected chi connectivity index (χ0v) is 19.5. The molecule has 32 heavy (non-hydrogen) atoms. The third-order valence-corrected chi connectivity index (χ3v) is 5.49. The molecule has 2 heterocycles. The van der Waals surface area contributed by atoms with E-state index < -0.39 is 17.3 Å². The van der Waals surface area contributed by atoms with Crippen molar-refractivity contribution in [2.45, 2.75) is 38.8 Å². The number of nitrogens with zero attached hydrogens (tertiary/aromatic N) is 3. The van der Waals surface area contributed by atoms with Gasteiger partial charge in [-0.15, -0.1) is 0 Å². The Kier molecular flexibility index (Phi) is 7.14. The number of anilines is 1. The first-order valence-electron chi connectivity index (χ1n) is 10.1. The summed E-state index contributed by atoms with van der Waals surface area (Å²) in [6, 6.07) is 10.3. The topological polar surface area (TPSA) is 77.0 Å². The van der Waals surface area contributed by atoms with Gasteiger partial charge in [0.2, 0.25) is 5.88 Å². The van der Waals surface area contributed by atoms with Crippen molar-refractivity contribution in [2.75, 3.05) is 12.4 Å². The molecule has 168 valence electrons. The maximum absolute atomic E-state index is 13.5. The Bertz CT molecular complexity index is 1140. The van der Waals surface area contributed by atoms with Crippen molar-refractivity contribution in [3.05, 3.63) is 65.4 Å². The Morgan fingerprint density at radius 3 is 2.62 bits per heavy atom. The van der Waals surface area contributed by atoms with Crippen LogP contribution in [0.3, 0.4) is 0 Å². The minimum absolute atomic E-state index is 0.149. The van der Waals surface area contributed by atoms with Crippen molar-refractivity contribution in [2.24, 2.45) is 0 Å². The van der Waals surface area contributed by atoms with E-state index in [1.54, 1.807) is 13.2 Å². The molecule has 1 aromatic carbocycles. The molecule has 0 spiro atoms. The SMILES string of the molecule is CCC(C)c1cc(-c2cc(NC(=O)c3cc(C(F)(F)P)ncn3)ccc2C)cc(OC)n1. The fraction of sp³-hybridized carbons (Fsp3) is 0.304. The number of alkyl halides is 2. The number of amides is 1. The van der Waals surface area contributed by atoms with Gasteiger partial charge in [-0.2, -0.15) is 8.78 Å². The number of pyridine rings is 1. The molecular weight excluding hydrogens is 433 g/mol. The Labute approximate surface area is 188 Å². The van der Waals surface area contributed by atoms with Crippen LogP contribution in [-0.4, -0.2) is 28.0 Å². The number of aromatic nitrogens is 3. The van der Waals surface area contributed by atoms with Gasteiger partial charge >= 0.3 is 0 Å². The lowest BCUT2D eigenvalue weighted by atomic mass is 9.96. The minimum atomic E-state index is -3.25. The van der Waals surface area contributed by atoms with Crippen LogP contribution >= 0.6 is 9.24 Å². The molecule has 0 radical (unpaired) electrons. The lowest BCUT2D eigenvalue weighted by Gasteiger charge is -2.15. The van der Waals surface area contributed by atoms with Crippen molar-refractivity contribution < 1.29 is 18.3 Å². The standard InChI is InChI=1S/C23H25F2N4O2P/c1-5-13(2)18-8-15(9-21(29-18)31-4)17-10-16(7-6-14(17)3)28-22(30)19-11-20(23(24,25)32)27-12-26-19/h6-13H,5,32H2,1-4H3,(H,28,30). The molecule has 1 amide bonds. The largest absolute Gasteiger partial charge is 0.481 e. The van der Waals surface area contributed by atoms with E-state index in [-0.39, 0.29) is 11.6 Å². The average Bonchev–Trinajstić information content (AvgIpc) is 2.78. The molecule has 0 aliphatic carbocycles. The highest BCUT2D eigenvalue weighted by molar-refractivity contribution is 7.17. The van der Waals surface area contributed by atoms with Crippen LogP contribution in [0.2, 0.25) is 0 Å². The first-order valence-corrected chi connectivity index (χ1v) is 10.7. The second kappa shape index (κ2) is 9.65. The molecule has 3 rings (SSSR count). The summed E-state index contributed by atoms with van der Waals surface area (Å²) < 4.78 is 32.4. The number of aryl methyl sites for hydroxylation is 1. The minimum Gasteiger partial charge on any atom is -0.481 e. The van der Waals surface area contributed by atoms with E-state index in [1.165, 1.54) is 9.24 Å². The van der Waals surface area contributed by atoms with Crippen LogP contribution in [-0.2, 0) is 5.66 Å². The number of methoxy groups -OCH3 is 1. The van der Waals surface area contributed by atoms with E-state index in [4.69, 9.17) is 4.74 Å². The van der Waals surface area contributed by atoms with Crippen LogP contribution in [0.15, 0.2) is 42.7 Å². The van der Waals surface area contributed by atoms with Crippen molar-refractivity contribution in [3.63, 3.8) is 0 Å². The predicted octanol–water partition coefficient (Wildman–Crippen LogP) is 5.55. The van der Waals surface area contributed by atoms with Gasteiger partial charge in [-0.05, 0) is 60.2 Å². The molecule has 0 saturated carbocycles. The maximum atomic E-state index is 13.5. The molecule has 6 nitrogen and oxygen atoms in total. The molecule has 2 aromatic heterocycles. The van der Waals surface area contributed by atoms with Gasteiger partial charge in [0.15, 0.2) is 0 Å². The Hall–Kier alpha value is -2.99. The summed E-state index contributed by atoms with van der Waals surface area (Å²) in [5.41, 5.74) is 0.288. The first-order chi connectivity index (χ1) is 15.1. The number of ether oxygens (including phenoxy) is 1. The molecule has 0 aliphatic heterocycles. The molecule has 9 heteroatoms. The summed E-state index contributed by atoms with van der Waals surface area (Å²) in [6.07, 6.45) is 1.88. The zero-order valence-electron chi connectivity index (χ0n) is 18.3. The van der Waals surface area contributed by atoms with Gasteiger partial charge in [0.25, 0.3) is 11.6 Å². The normalized spacial score (nSPS) is 12.3. The first kappa shape index (κ1) is 23.7. The van der Waals surface area contributed by atoms with E-state index in [1.807, 2.05) is 31.2 Å². The second-order valence-corrected chi connectivity index (χ2v) is 8.25. The van der Waals surface area contributed by atoms with Gasteiger partial charge in [0, 0.05) is 17.4 Å². The predicted molar refractivity (Wildman–Crippen MR) is 123 cm³/mol. The number of nitrogens with one attached hydrogen (secondary N) is 1. The van der Waals surface area contributed by atoms with Crippen LogP contribution in [0.1, 0.15) is 53.6 Å².